The highest BCUT2D eigenvalue weighted by Crippen LogP contribution is 2.06. The van der Waals surface area contributed by atoms with E-state index in [4.69, 9.17) is 0 Å². The maximum atomic E-state index is 10.0. The second-order valence-electron chi connectivity index (χ2n) is 3.82. The number of hydrogen-bond acceptors (Lipinski definition) is 1. The molecular weight excluding hydrogens is 196 g/mol. The van der Waals surface area contributed by atoms with Crippen LogP contribution < -0.4 is 0 Å². The number of unbranched alkanes of at least 4 members (excludes halogenated alkanes) is 5. The molecule has 0 saturated heterocycles. The Kier molecular flexibility index (Phi) is 12.9. The molecule has 0 aromatic heterocycles. The van der Waals surface area contributed by atoms with E-state index in [1.165, 1.54) is 32.1 Å². The minimum absolute atomic E-state index is 0.523. The largest absolute Gasteiger partial charge is 0.303 e. The second kappa shape index (κ2) is 13.9. The molecule has 90 valence electrons. The van der Waals surface area contributed by atoms with Gasteiger partial charge in [-0.1, -0.05) is 49.3 Å². The van der Waals surface area contributed by atoms with Crippen molar-refractivity contribution in [3.63, 3.8) is 0 Å². The molecule has 0 spiro atoms. The van der Waals surface area contributed by atoms with Crippen LogP contribution in [-0.4, -0.2) is 6.29 Å². The topological polar surface area (TPSA) is 17.1 Å². The van der Waals surface area contributed by atoms with Crippen LogP contribution >= 0.6 is 0 Å². The normalized spacial score (nSPS) is 12.1. The molecule has 0 aromatic carbocycles. The van der Waals surface area contributed by atoms with E-state index in [0.717, 1.165) is 12.7 Å². The molecule has 0 aliphatic rings. The first-order valence-corrected chi connectivity index (χ1v) is 6.28. The smallest absolute Gasteiger partial charge is 0.123 e. The summed E-state index contributed by atoms with van der Waals surface area (Å²) >= 11 is 0. The first-order chi connectivity index (χ1) is 7.91. The summed E-state index contributed by atoms with van der Waals surface area (Å²) in [5.74, 6) is 0. The van der Waals surface area contributed by atoms with Crippen molar-refractivity contribution < 1.29 is 4.79 Å². The Morgan fingerprint density at radius 2 is 1.44 bits per heavy atom. The van der Waals surface area contributed by atoms with E-state index in [1.54, 1.807) is 0 Å². The van der Waals surface area contributed by atoms with Gasteiger partial charge in [0.15, 0.2) is 0 Å². The van der Waals surface area contributed by atoms with Crippen molar-refractivity contribution in [3.05, 3.63) is 36.5 Å². The average Bonchev–Trinajstić information content (AvgIpc) is 2.31. The van der Waals surface area contributed by atoms with Crippen LogP contribution in [0.5, 0.6) is 0 Å². The number of allylic oxidation sites excluding steroid dienone is 6. The highest BCUT2D eigenvalue weighted by atomic mass is 16.1. The molecule has 0 heterocycles. The summed E-state index contributed by atoms with van der Waals surface area (Å²) in [6.45, 7) is 2.07. The lowest BCUT2D eigenvalue weighted by Crippen LogP contribution is -1.76. The molecular formula is C15H24O. The standard InChI is InChI=1S/C15H24O/c1-2-3-4-5-6-7-8-9-10-11-12-13-14-15-16/h2-3,10-13,15H,4-9,14H2,1H3/b3-2+,11-10+,13-12+. The van der Waals surface area contributed by atoms with Crippen molar-refractivity contribution >= 4 is 6.29 Å². The van der Waals surface area contributed by atoms with E-state index in [2.05, 4.69) is 25.2 Å². The summed E-state index contributed by atoms with van der Waals surface area (Å²) in [5, 5.41) is 0. The Morgan fingerprint density at radius 3 is 2.06 bits per heavy atom. The molecule has 0 aliphatic carbocycles. The van der Waals surface area contributed by atoms with Gasteiger partial charge in [-0.2, -0.15) is 0 Å². The van der Waals surface area contributed by atoms with Crippen LogP contribution in [-0.2, 0) is 4.79 Å². The van der Waals surface area contributed by atoms with Crippen LogP contribution in [0.25, 0.3) is 0 Å². The second-order valence-corrected chi connectivity index (χ2v) is 3.82. The van der Waals surface area contributed by atoms with Gasteiger partial charge in [-0.15, -0.1) is 0 Å². The van der Waals surface area contributed by atoms with E-state index in [1.807, 2.05) is 18.2 Å². The first-order valence-electron chi connectivity index (χ1n) is 6.28. The van der Waals surface area contributed by atoms with E-state index in [9.17, 15) is 4.79 Å². The van der Waals surface area contributed by atoms with Gasteiger partial charge in [0.1, 0.15) is 6.29 Å². The van der Waals surface area contributed by atoms with Crippen LogP contribution in [0.1, 0.15) is 51.9 Å². The zero-order valence-electron chi connectivity index (χ0n) is 10.4. The zero-order valence-corrected chi connectivity index (χ0v) is 10.4. The molecule has 0 aliphatic heterocycles. The quantitative estimate of drug-likeness (QED) is 0.227. The molecule has 0 radical (unpaired) electrons. The molecule has 0 aromatic rings. The van der Waals surface area contributed by atoms with Gasteiger partial charge in [-0.3, -0.25) is 0 Å². The van der Waals surface area contributed by atoms with E-state index in [-0.39, 0.29) is 0 Å². The molecule has 0 rings (SSSR count). The fourth-order valence-corrected chi connectivity index (χ4v) is 1.43. The Morgan fingerprint density at radius 1 is 0.812 bits per heavy atom. The predicted molar refractivity (Wildman–Crippen MR) is 71.5 cm³/mol. The lowest BCUT2D eigenvalue weighted by atomic mass is 10.1. The fourth-order valence-electron chi connectivity index (χ4n) is 1.43. The van der Waals surface area contributed by atoms with Gasteiger partial charge in [0.25, 0.3) is 0 Å². The Balaban J connectivity index is 3.17. The molecule has 0 atom stereocenters. The molecule has 0 N–H and O–H groups in total. The van der Waals surface area contributed by atoms with Gasteiger partial charge in [-0.05, 0) is 32.6 Å². The highest BCUT2D eigenvalue weighted by Gasteiger charge is 1.86. The maximum absolute atomic E-state index is 10.0. The molecule has 1 nitrogen and oxygen atoms in total. The average molecular weight is 220 g/mol. The SMILES string of the molecule is C/C=C/CCCCCC/C=C/C=C/CC=O. The van der Waals surface area contributed by atoms with Gasteiger partial charge in [-0.25, -0.2) is 0 Å². The molecule has 16 heavy (non-hydrogen) atoms. The Labute approximate surface area is 99.9 Å². The van der Waals surface area contributed by atoms with Crippen molar-refractivity contribution in [2.75, 3.05) is 0 Å². The lowest BCUT2D eigenvalue weighted by molar-refractivity contribution is -0.107. The van der Waals surface area contributed by atoms with Crippen molar-refractivity contribution in [1.82, 2.24) is 0 Å². The zero-order chi connectivity index (χ0) is 11.9. The molecule has 0 unspecified atom stereocenters. The van der Waals surface area contributed by atoms with Gasteiger partial charge < -0.3 is 4.79 Å². The van der Waals surface area contributed by atoms with Crippen LogP contribution in [0.4, 0.5) is 0 Å². The summed E-state index contributed by atoms with van der Waals surface area (Å²) in [6.07, 6.45) is 21.4. The number of carbonyl (C=O) groups is 1. The van der Waals surface area contributed by atoms with Gasteiger partial charge in [0.05, 0.1) is 0 Å². The summed E-state index contributed by atoms with van der Waals surface area (Å²) in [5.41, 5.74) is 0. The van der Waals surface area contributed by atoms with E-state index in [0.29, 0.717) is 6.42 Å². The van der Waals surface area contributed by atoms with Crippen molar-refractivity contribution in [1.29, 1.82) is 0 Å². The minimum Gasteiger partial charge on any atom is -0.303 e. The summed E-state index contributed by atoms with van der Waals surface area (Å²) in [6, 6.07) is 0. The van der Waals surface area contributed by atoms with Crippen molar-refractivity contribution in [2.24, 2.45) is 0 Å². The highest BCUT2D eigenvalue weighted by molar-refractivity contribution is 5.52. The molecule has 1 heteroatoms. The van der Waals surface area contributed by atoms with Crippen LogP contribution in [0.15, 0.2) is 36.5 Å². The monoisotopic (exact) mass is 220 g/mol. The van der Waals surface area contributed by atoms with Crippen LogP contribution in [0.3, 0.4) is 0 Å². The lowest BCUT2D eigenvalue weighted by Gasteiger charge is -1.96. The number of rotatable bonds is 10. The van der Waals surface area contributed by atoms with Gasteiger partial charge >= 0.3 is 0 Å². The number of hydrogen-bond donors (Lipinski definition) is 0. The number of carbonyl (C=O) groups excluding carboxylic acids is 1. The maximum Gasteiger partial charge on any atom is 0.123 e. The van der Waals surface area contributed by atoms with E-state index < -0.39 is 0 Å². The molecule has 0 amide bonds. The van der Waals surface area contributed by atoms with Gasteiger partial charge in [0, 0.05) is 6.42 Å². The molecule has 0 bridgehead atoms. The third-order valence-electron chi connectivity index (χ3n) is 2.34. The molecule has 0 fully saturated rings. The summed E-state index contributed by atoms with van der Waals surface area (Å²) in [4.78, 5) is 10.0. The first kappa shape index (κ1) is 14.9. The summed E-state index contributed by atoms with van der Waals surface area (Å²) in [7, 11) is 0. The fraction of sp³-hybridized carbons (Fsp3) is 0.533. The van der Waals surface area contributed by atoms with Gasteiger partial charge in [0.2, 0.25) is 0 Å². The third-order valence-corrected chi connectivity index (χ3v) is 2.34. The van der Waals surface area contributed by atoms with E-state index >= 15 is 0 Å². The molecule has 0 saturated carbocycles. The number of aldehydes is 1. The predicted octanol–water partition coefficient (Wildman–Crippen LogP) is 4.60. The summed E-state index contributed by atoms with van der Waals surface area (Å²) < 4.78 is 0. The van der Waals surface area contributed by atoms with Crippen molar-refractivity contribution in [3.8, 4) is 0 Å². The minimum atomic E-state index is 0.523. The third kappa shape index (κ3) is 12.9. The van der Waals surface area contributed by atoms with Crippen LogP contribution in [0, 0.1) is 0 Å². The van der Waals surface area contributed by atoms with Crippen molar-refractivity contribution in [2.45, 2.75) is 51.9 Å². The van der Waals surface area contributed by atoms with Crippen LogP contribution in [0.2, 0.25) is 0 Å². The Bertz CT molecular complexity index is 224. The Hall–Kier alpha value is -1.11.